The first-order valence-electron chi connectivity index (χ1n) is 7.13. The number of ether oxygens (including phenoxy) is 1. The number of aromatic amines is 1. The summed E-state index contributed by atoms with van der Waals surface area (Å²) >= 11 is 0. The Morgan fingerprint density at radius 1 is 1.08 bits per heavy atom. The van der Waals surface area contributed by atoms with Gasteiger partial charge in [-0.3, -0.25) is 9.78 Å². The third-order valence-electron chi connectivity index (χ3n) is 3.35. The van der Waals surface area contributed by atoms with E-state index in [0.29, 0.717) is 17.0 Å². The van der Waals surface area contributed by atoms with Gasteiger partial charge in [-0.25, -0.2) is 18.2 Å². The maximum atomic E-state index is 13.3. The van der Waals surface area contributed by atoms with Gasteiger partial charge in [0, 0.05) is 29.4 Å². The number of hydrogen-bond acceptors (Lipinski definition) is 4. The zero-order chi connectivity index (χ0) is 18.0. The second kappa shape index (κ2) is 6.68. The summed E-state index contributed by atoms with van der Waals surface area (Å²) in [5, 5.41) is 2.55. The number of rotatable bonds is 4. The molecular formula is C17H12F3N3O2. The summed E-state index contributed by atoms with van der Waals surface area (Å²) in [5.41, 5.74) is 0.374. The minimum absolute atomic E-state index is 0.0456. The highest BCUT2D eigenvalue weighted by molar-refractivity contribution is 5.63. The number of halogens is 3. The number of methoxy groups -OCH3 is 1. The van der Waals surface area contributed by atoms with Gasteiger partial charge in [0.05, 0.1) is 12.8 Å². The molecule has 2 N–H and O–H groups in total. The smallest absolute Gasteiger partial charge is 0.252 e. The molecule has 5 nitrogen and oxygen atoms in total. The Morgan fingerprint density at radius 2 is 1.80 bits per heavy atom. The van der Waals surface area contributed by atoms with Crippen molar-refractivity contribution in [3.05, 3.63) is 70.3 Å². The average Bonchev–Trinajstić information content (AvgIpc) is 2.59. The molecule has 3 aromatic rings. The summed E-state index contributed by atoms with van der Waals surface area (Å²) in [6, 6.07) is 9.67. The molecule has 0 fully saturated rings. The van der Waals surface area contributed by atoms with Crippen LogP contribution < -0.4 is 15.6 Å². The molecule has 0 unspecified atom stereocenters. The highest BCUT2D eigenvalue weighted by atomic mass is 19.2. The van der Waals surface area contributed by atoms with Gasteiger partial charge in [-0.15, -0.1) is 0 Å². The molecular weight excluding hydrogens is 335 g/mol. The Morgan fingerprint density at radius 3 is 2.48 bits per heavy atom. The van der Waals surface area contributed by atoms with Gasteiger partial charge in [0.25, 0.3) is 5.56 Å². The van der Waals surface area contributed by atoms with E-state index in [4.69, 9.17) is 4.74 Å². The van der Waals surface area contributed by atoms with Gasteiger partial charge < -0.3 is 10.1 Å². The van der Waals surface area contributed by atoms with E-state index in [1.165, 1.54) is 13.2 Å². The minimum Gasteiger partial charge on any atom is -0.497 e. The van der Waals surface area contributed by atoms with E-state index in [0.717, 1.165) is 12.1 Å². The number of nitrogens with one attached hydrogen (secondary N) is 2. The standard InChI is InChI=1S/C17H12F3N3O2/c1-25-11-4-2-3-9(5-11)14-8-15(24)23-17(22-14)21-10-6-12(18)16(20)13(19)7-10/h2-8H,1H3,(H2,21,22,23,24). The predicted octanol–water partition coefficient (Wildman–Crippen LogP) is 3.61. The van der Waals surface area contributed by atoms with E-state index in [1.54, 1.807) is 24.3 Å². The molecule has 0 radical (unpaired) electrons. The third-order valence-corrected chi connectivity index (χ3v) is 3.35. The number of aromatic nitrogens is 2. The van der Waals surface area contributed by atoms with Crippen LogP contribution in [0.2, 0.25) is 0 Å². The lowest BCUT2D eigenvalue weighted by Crippen LogP contribution is -2.11. The van der Waals surface area contributed by atoms with Gasteiger partial charge >= 0.3 is 0 Å². The van der Waals surface area contributed by atoms with Gasteiger partial charge in [0.15, 0.2) is 17.5 Å². The predicted molar refractivity (Wildman–Crippen MR) is 86.4 cm³/mol. The number of nitrogens with zero attached hydrogens (tertiary/aromatic N) is 1. The van der Waals surface area contributed by atoms with Crippen LogP contribution in [-0.4, -0.2) is 17.1 Å². The van der Waals surface area contributed by atoms with Gasteiger partial charge in [0.2, 0.25) is 5.95 Å². The Labute approximate surface area is 140 Å². The molecule has 0 amide bonds. The highest BCUT2D eigenvalue weighted by Gasteiger charge is 2.12. The molecule has 128 valence electrons. The second-order valence-electron chi connectivity index (χ2n) is 5.09. The monoisotopic (exact) mass is 347 g/mol. The molecule has 3 rings (SSSR count). The molecule has 0 atom stereocenters. The van der Waals surface area contributed by atoms with Crippen LogP contribution in [0.25, 0.3) is 11.3 Å². The Balaban J connectivity index is 1.98. The number of anilines is 2. The van der Waals surface area contributed by atoms with E-state index < -0.39 is 23.0 Å². The Bertz CT molecular complexity index is 966. The van der Waals surface area contributed by atoms with E-state index in [1.807, 2.05) is 0 Å². The number of benzene rings is 2. The number of hydrogen-bond donors (Lipinski definition) is 2. The molecule has 2 aromatic carbocycles. The molecule has 1 aromatic heterocycles. The van der Waals surface area contributed by atoms with Gasteiger partial charge in [0.1, 0.15) is 5.75 Å². The van der Waals surface area contributed by atoms with Crippen LogP contribution in [0.4, 0.5) is 24.8 Å². The van der Waals surface area contributed by atoms with E-state index >= 15 is 0 Å². The van der Waals surface area contributed by atoms with Crippen molar-refractivity contribution in [3.63, 3.8) is 0 Å². The van der Waals surface area contributed by atoms with Crippen LogP contribution in [0.5, 0.6) is 5.75 Å². The summed E-state index contributed by atoms with van der Waals surface area (Å²) in [5.74, 6) is -3.74. The quantitative estimate of drug-likeness (QED) is 0.708. The summed E-state index contributed by atoms with van der Waals surface area (Å²) in [4.78, 5) is 18.4. The second-order valence-corrected chi connectivity index (χ2v) is 5.09. The lowest BCUT2D eigenvalue weighted by atomic mass is 10.1. The summed E-state index contributed by atoms with van der Waals surface area (Å²) < 4.78 is 44.7. The van der Waals surface area contributed by atoms with Crippen molar-refractivity contribution in [1.82, 2.24) is 9.97 Å². The fourth-order valence-corrected chi connectivity index (χ4v) is 2.21. The largest absolute Gasteiger partial charge is 0.497 e. The maximum absolute atomic E-state index is 13.3. The van der Waals surface area contributed by atoms with Crippen molar-refractivity contribution in [2.45, 2.75) is 0 Å². The maximum Gasteiger partial charge on any atom is 0.252 e. The fourth-order valence-electron chi connectivity index (χ4n) is 2.21. The average molecular weight is 347 g/mol. The molecule has 0 aliphatic carbocycles. The highest BCUT2D eigenvalue weighted by Crippen LogP contribution is 2.23. The van der Waals surface area contributed by atoms with Gasteiger partial charge in [-0.05, 0) is 12.1 Å². The fraction of sp³-hybridized carbons (Fsp3) is 0.0588. The lowest BCUT2D eigenvalue weighted by Gasteiger charge is -2.09. The molecule has 8 heteroatoms. The molecule has 0 aliphatic rings. The van der Waals surface area contributed by atoms with Crippen molar-refractivity contribution in [2.24, 2.45) is 0 Å². The van der Waals surface area contributed by atoms with Crippen molar-refractivity contribution in [2.75, 3.05) is 12.4 Å². The third kappa shape index (κ3) is 3.63. The molecule has 0 spiro atoms. The normalized spacial score (nSPS) is 10.6. The minimum atomic E-state index is -1.57. The van der Waals surface area contributed by atoms with Crippen LogP contribution in [0.15, 0.2) is 47.3 Å². The first kappa shape index (κ1) is 16.6. The Kier molecular flexibility index (Phi) is 4.42. The van der Waals surface area contributed by atoms with Crippen LogP contribution in [0, 0.1) is 17.5 Å². The van der Waals surface area contributed by atoms with E-state index in [-0.39, 0.29) is 11.6 Å². The zero-order valence-electron chi connectivity index (χ0n) is 12.9. The van der Waals surface area contributed by atoms with Crippen molar-refractivity contribution in [1.29, 1.82) is 0 Å². The first-order chi connectivity index (χ1) is 12.0. The number of H-pyrrole nitrogens is 1. The van der Waals surface area contributed by atoms with Crippen LogP contribution in [0.3, 0.4) is 0 Å². The van der Waals surface area contributed by atoms with E-state index in [2.05, 4.69) is 15.3 Å². The topological polar surface area (TPSA) is 67.0 Å². The molecule has 0 aliphatic heterocycles. The van der Waals surface area contributed by atoms with Crippen LogP contribution in [0.1, 0.15) is 0 Å². The summed E-state index contributed by atoms with van der Waals surface area (Å²) in [6.07, 6.45) is 0. The first-order valence-corrected chi connectivity index (χ1v) is 7.13. The Hall–Kier alpha value is -3.29. The van der Waals surface area contributed by atoms with Gasteiger partial charge in [-0.2, -0.15) is 0 Å². The summed E-state index contributed by atoms with van der Waals surface area (Å²) in [7, 11) is 1.51. The summed E-state index contributed by atoms with van der Waals surface area (Å²) in [6.45, 7) is 0. The van der Waals surface area contributed by atoms with Crippen molar-refractivity contribution < 1.29 is 17.9 Å². The lowest BCUT2D eigenvalue weighted by molar-refractivity contribution is 0.415. The van der Waals surface area contributed by atoms with Crippen LogP contribution in [-0.2, 0) is 0 Å². The van der Waals surface area contributed by atoms with Gasteiger partial charge in [-0.1, -0.05) is 12.1 Å². The van der Waals surface area contributed by atoms with Crippen LogP contribution >= 0.6 is 0 Å². The van der Waals surface area contributed by atoms with Crippen molar-refractivity contribution in [3.8, 4) is 17.0 Å². The molecule has 0 saturated carbocycles. The zero-order valence-corrected chi connectivity index (χ0v) is 12.9. The molecule has 1 heterocycles. The molecule has 25 heavy (non-hydrogen) atoms. The SMILES string of the molecule is COc1cccc(-c2cc(=O)[nH]c(Nc3cc(F)c(F)c(F)c3)n2)c1. The molecule has 0 saturated heterocycles. The van der Waals surface area contributed by atoms with E-state index in [9.17, 15) is 18.0 Å². The molecule has 0 bridgehead atoms. The van der Waals surface area contributed by atoms with Crippen molar-refractivity contribution >= 4 is 11.6 Å².